The third kappa shape index (κ3) is 3.70. The number of aromatic nitrogens is 2. The van der Waals surface area contributed by atoms with Gasteiger partial charge in [-0.25, -0.2) is 4.68 Å². The van der Waals surface area contributed by atoms with Gasteiger partial charge < -0.3 is 11.1 Å². The zero-order chi connectivity index (χ0) is 15.4. The number of rotatable bonds is 5. The number of nitrogens with one attached hydrogen (secondary N) is 1. The Morgan fingerprint density at radius 1 is 1.33 bits per heavy atom. The molecule has 2 rings (SSSR count). The van der Waals surface area contributed by atoms with Crippen LogP contribution in [0.1, 0.15) is 31.2 Å². The van der Waals surface area contributed by atoms with Gasteiger partial charge in [0.25, 0.3) is 0 Å². The fourth-order valence-corrected chi connectivity index (χ4v) is 2.20. The minimum Gasteiger partial charge on any atom is -0.328 e. The number of carbonyl (C=O) groups is 1. The molecular weight excluding hydrogens is 264 g/mol. The van der Waals surface area contributed by atoms with E-state index in [1.54, 1.807) is 0 Å². The minimum atomic E-state index is -0.0221. The van der Waals surface area contributed by atoms with Crippen molar-refractivity contribution in [3.8, 4) is 5.69 Å². The maximum Gasteiger partial charge on any atom is 0.224 e. The summed E-state index contributed by atoms with van der Waals surface area (Å²) in [7, 11) is 0. The fraction of sp³-hybridized carbons (Fsp3) is 0.375. The van der Waals surface area contributed by atoms with Crippen LogP contribution >= 0.6 is 0 Å². The van der Waals surface area contributed by atoms with E-state index in [9.17, 15) is 4.79 Å². The second kappa shape index (κ2) is 6.54. The highest BCUT2D eigenvalue weighted by Crippen LogP contribution is 2.22. The van der Waals surface area contributed by atoms with Crippen molar-refractivity contribution >= 4 is 11.6 Å². The summed E-state index contributed by atoms with van der Waals surface area (Å²) in [5.41, 5.74) is 9.18. The zero-order valence-electron chi connectivity index (χ0n) is 12.8. The van der Waals surface area contributed by atoms with E-state index >= 15 is 0 Å². The minimum absolute atomic E-state index is 0.0221. The van der Waals surface area contributed by atoms with Gasteiger partial charge in [0.15, 0.2) is 0 Å². The number of nitrogens with two attached hydrogens (primary N) is 1. The van der Waals surface area contributed by atoms with Crippen LogP contribution in [0.5, 0.6) is 0 Å². The summed E-state index contributed by atoms with van der Waals surface area (Å²) in [5.74, 6) is -0.0221. The molecule has 21 heavy (non-hydrogen) atoms. The van der Waals surface area contributed by atoms with Crippen LogP contribution in [-0.4, -0.2) is 21.7 Å². The van der Waals surface area contributed by atoms with Crippen LogP contribution in [0, 0.1) is 13.8 Å². The molecule has 1 aromatic heterocycles. The second-order valence-electron chi connectivity index (χ2n) is 5.36. The third-order valence-electron chi connectivity index (χ3n) is 3.38. The Kier molecular flexibility index (Phi) is 4.75. The lowest BCUT2D eigenvalue weighted by Crippen LogP contribution is -2.19. The lowest BCUT2D eigenvalue weighted by atomic mass is 10.2. The molecule has 0 saturated heterocycles. The molecule has 0 aliphatic carbocycles. The number of aryl methyl sites for hydroxylation is 1. The Hall–Kier alpha value is -2.14. The summed E-state index contributed by atoms with van der Waals surface area (Å²) in [6.07, 6.45) is 1.10. The zero-order valence-corrected chi connectivity index (χ0v) is 12.8. The van der Waals surface area contributed by atoms with Crippen molar-refractivity contribution in [3.05, 3.63) is 41.7 Å². The quantitative estimate of drug-likeness (QED) is 0.887. The van der Waals surface area contributed by atoms with Crippen molar-refractivity contribution in [2.24, 2.45) is 5.73 Å². The molecule has 2 aromatic rings. The highest BCUT2D eigenvalue weighted by atomic mass is 16.1. The molecule has 1 unspecified atom stereocenters. The number of hydrogen-bond acceptors (Lipinski definition) is 3. The predicted molar refractivity (Wildman–Crippen MR) is 84.6 cm³/mol. The maximum atomic E-state index is 12.0. The summed E-state index contributed by atoms with van der Waals surface area (Å²) in [4.78, 5) is 12.0. The van der Waals surface area contributed by atoms with E-state index in [1.165, 1.54) is 0 Å². The van der Waals surface area contributed by atoms with Crippen molar-refractivity contribution in [1.29, 1.82) is 0 Å². The third-order valence-corrected chi connectivity index (χ3v) is 3.38. The van der Waals surface area contributed by atoms with Gasteiger partial charge >= 0.3 is 0 Å². The average Bonchev–Trinajstić information content (AvgIpc) is 2.74. The molecule has 0 bridgehead atoms. The van der Waals surface area contributed by atoms with Crippen molar-refractivity contribution in [3.63, 3.8) is 0 Å². The van der Waals surface area contributed by atoms with Gasteiger partial charge in [-0.15, -0.1) is 0 Å². The summed E-state index contributed by atoms with van der Waals surface area (Å²) in [6, 6.07) is 9.90. The summed E-state index contributed by atoms with van der Waals surface area (Å²) < 4.78 is 1.84. The molecule has 1 aromatic carbocycles. The molecule has 0 fully saturated rings. The normalized spacial score (nSPS) is 12.2. The highest BCUT2D eigenvalue weighted by Gasteiger charge is 2.15. The smallest absolute Gasteiger partial charge is 0.224 e. The van der Waals surface area contributed by atoms with Gasteiger partial charge in [-0.3, -0.25) is 4.79 Å². The lowest BCUT2D eigenvalue weighted by Gasteiger charge is -2.08. The van der Waals surface area contributed by atoms with Crippen LogP contribution in [0.2, 0.25) is 0 Å². The van der Waals surface area contributed by atoms with Gasteiger partial charge in [-0.1, -0.05) is 18.2 Å². The Labute approximate surface area is 125 Å². The van der Waals surface area contributed by atoms with E-state index in [-0.39, 0.29) is 11.9 Å². The number of carbonyl (C=O) groups excluding carboxylic acids is 1. The van der Waals surface area contributed by atoms with E-state index in [2.05, 4.69) is 10.4 Å². The van der Waals surface area contributed by atoms with Crippen molar-refractivity contribution in [1.82, 2.24) is 9.78 Å². The Bertz CT molecular complexity index is 617. The molecule has 3 N–H and O–H groups in total. The topological polar surface area (TPSA) is 72.9 Å². The first-order valence-electron chi connectivity index (χ1n) is 7.16. The van der Waals surface area contributed by atoms with E-state index in [1.807, 2.05) is 55.8 Å². The fourth-order valence-electron chi connectivity index (χ4n) is 2.20. The summed E-state index contributed by atoms with van der Waals surface area (Å²) >= 11 is 0. The molecule has 0 aliphatic rings. The van der Waals surface area contributed by atoms with Gasteiger partial charge in [-0.2, -0.15) is 5.10 Å². The monoisotopic (exact) mass is 286 g/mol. The molecular formula is C16H22N4O. The molecule has 1 atom stereocenters. The summed E-state index contributed by atoms with van der Waals surface area (Å²) in [5, 5.41) is 7.45. The van der Waals surface area contributed by atoms with E-state index in [4.69, 9.17) is 5.73 Å². The SMILES string of the molecule is Cc1nn(-c2ccccc2)c(C)c1NC(=O)CCC(C)N. The summed E-state index contributed by atoms with van der Waals surface area (Å²) in [6.45, 7) is 5.75. The highest BCUT2D eigenvalue weighted by molar-refractivity contribution is 5.92. The van der Waals surface area contributed by atoms with Crippen molar-refractivity contribution in [2.75, 3.05) is 5.32 Å². The molecule has 5 nitrogen and oxygen atoms in total. The molecule has 0 aliphatic heterocycles. The van der Waals surface area contributed by atoms with Gasteiger partial charge in [0.2, 0.25) is 5.91 Å². The van der Waals surface area contributed by atoms with E-state index < -0.39 is 0 Å². The van der Waals surface area contributed by atoms with E-state index in [0.29, 0.717) is 12.8 Å². The standard InChI is InChI=1S/C16H22N4O/c1-11(17)9-10-15(21)18-16-12(2)19-20(13(16)3)14-7-5-4-6-8-14/h4-8,11H,9-10,17H2,1-3H3,(H,18,21). The van der Waals surface area contributed by atoms with Crippen LogP contribution in [0.3, 0.4) is 0 Å². The molecule has 0 saturated carbocycles. The number of nitrogens with zero attached hydrogens (tertiary/aromatic N) is 2. The molecule has 0 spiro atoms. The molecule has 112 valence electrons. The number of hydrogen-bond donors (Lipinski definition) is 2. The first-order valence-corrected chi connectivity index (χ1v) is 7.16. The second-order valence-corrected chi connectivity index (χ2v) is 5.36. The number of anilines is 1. The Morgan fingerprint density at radius 2 is 2.00 bits per heavy atom. The van der Waals surface area contributed by atoms with Crippen LogP contribution in [0.15, 0.2) is 30.3 Å². The van der Waals surface area contributed by atoms with Gasteiger partial charge in [0, 0.05) is 12.5 Å². The Morgan fingerprint density at radius 3 is 2.62 bits per heavy atom. The molecule has 5 heteroatoms. The molecule has 1 amide bonds. The number of benzene rings is 1. The number of amides is 1. The van der Waals surface area contributed by atoms with Crippen LogP contribution in [-0.2, 0) is 4.79 Å². The van der Waals surface area contributed by atoms with Gasteiger partial charge in [0.1, 0.15) is 0 Å². The largest absolute Gasteiger partial charge is 0.328 e. The van der Waals surface area contributed by atoms with Crippen LogP contribution in [0.4, 0.5) is 5.69 Å². The first kappa shape index (κ1) is 15.3. The lowest BCUT2D eigenvalue weighted by molar-refractivity contribution is -0.116. The van der Waals surface area contributed by atoms with Crippen LogP contribution < -0.4 is 11.1 Å². The van der Waals surface area contributed by atoms with Gasteiger partial charge in [-0.05, 0) is 39.3 Å². The van der Waals surface area contributed by atoms with Crippen molar-refractivity contribution < 1.29 is 4.79 Å². The van der Waals surface area contributed by atoms with E-state index in [0.717, 1.165) is 22.8 Å². The Balaban J connectivity index is 2.18. The van der Waals surface area contributed by atoms with Gasteiger partial charge in [0.05, 0.1) is 22.8 Å². The first-order chi connectivity index (χ1) is 9.99. The molecule has 0 radical (unpaired) electrons. The molecule has 1 heterocycles. The van der Waals surface area contributed by atoms with Crippen LogP contribution in [0.25, 0.3) is 5.69 Å². The average molecular weight is 286 g/mol. The number of para-hydroxylation sites is 1. The predicted octanol–water partition coefficient (Wildman–Crippen LogP) is 2.56. The maximum absolute atomic E-state index is 12.0. The van der Waals surface area contributed by atoms with Crippen molar-refractivity contribution in [2.45, 2.75) is 39.7 Å².